The molecule has 0 saturated carbocycles. The average Bonchev–Trinajstić information content (AvgIpc) is 2.69. The number of rotatable bonds is 3. The standard InChI is InChI=1S/C10H16N4O.ClH/c1-2-4-12-10(15)9-7-6-11-5-3-8(7)13-14-9;/h11H,2-6H2,1H3,(H,12,15)(H,13,14);1H. The number of carbonyl (C=O) groups is 1. The molecule has 16 heavy (non-hydrogen) atoms. The minimum absolute atomic E-state index is 0. The zero-order valence-electron chi connectivity index (χ0n) is 9.30. The highest BCUT2D eigenvalue weighted by molar-refractivity contribution is 5.94. The van der Waals surface area contributed by atoms with Crippen molar-refractivity contribution in [1.29, 1.82) is 0 Å². The minimum Gasteiger partial charge on any atom is -0.351 e. The van der Waals surface area contributed by atoms with Crippen molar-refractivity contribution in [1.82, 2.24) is 20.8 Å². The van der Waals surface area contributed by atoms with Gasteiger partial charge >= 0.3 is 0 Å². The van der Waals surface area contributed by atoms with Gasteiger partial charge in [-0.25, -0.2) is 0 Å². The van der Waals surface area contributed by atoms with E-state index >= 15 is 0 Å². The van der Waals surface area contributed by atoms with Crippen LogP contribution in [0.4, 0.5) is 0 Å². The van der Waals surface area contributed by atoms with Gasteiger partial charge in [0.1, 0.15) is 0 Å². The Kier molecular flexibility index (Phi) is 4.76. The first kappa shape index (κ1) is 13.0. The maximum absolute atomic E-state index is 11.7. The molecule has 90 valence electrons. The molecule has 2 heterocycles. The molecule has 0 bridgehead atoms. The van der Waals surface area contributed by atoms with E-state index < -0.39 is 0 Å². The van der Waals surface area contributed by atoms with Crippen molar-refractivity contribution in [2.75, 3.05) is 13.1 Å². The molecule has 0 spiro atoms. The number of amides is 1. The smallest absolute Gasteiger partial charge is 0.272 e. The fraction of sp³-hybridized carbons (Fsp3) is 0.600. The van der Waals surface area contributed by atoms with Crippen molar-refractivity contribution in [2.24, 2.45) is 0 Å². The van der Waals surface area contributed by atoms with Gasteiger partial charge in [0.25, 0.3) is 5.91 Å². The Morgan fingerprint density at radius 2 is 2.38 bits per heavy atom. The van der Waals surface area contributed by atoms with Crippen LogP contribution in [-0.2, 0) is 13.0 Å². The van der Waals surface area contributed by atoms with Crippen LogP contribution in [0.1, 0.15) is 35.1 Å². The Hall–Kier alpha value is -1.07. The van der Waals surface area contributed by atoms with Gasteiger partial charge in [0.05, 0.1) is 0 Å². The van der Waals surface area contributed by atoms with Gasteiger partial charge < -0.3 is 10.6 Å². The summed E-state index contributed by atoms with van der Waals surface area (Å²) in [4.78, 5) is 11.7. The predicted octanol–water partition coefficient (Wildman–Crippen LogP) is 0.617. The van der Waals surface area contributed by atoms with E-state index in [1.165, 1.54) is 0 Å². The third-order valence-electron chi connectivity index (χ3n) is 2.56. The molecule has 0 saturated heterocycles. The summed E-state index contributed by atoms with van der Waals surface area (Å²) in [5.74, 6) is -0.0712. The summed E-state index contributed by atoms with van der Waals surface area (Å²) in [6.07, 6.45) is 1.86. The van der Waals surface area contributed by atoms with E-state index in [9.17, 15) is 4.79 Å². The first-order valence-electron chi connectivity index (χ1n) is 5.38. The van der Waals surface area contributed by atoms with E-state index in [-0.39, 0.29) is 18.3 Å². The first-order chi connectivity index (χ1) is 7.33. The van der Waals surface area contributed by atoms with Gasteiger partial charge in [-0.15, -0.1) is 12.4 Å². The van der Waals surface area contributed by atoms with Crippen LogP contribution in [-0.4, -0.2) is 29.2 Å². The second-order valence-corrected chi connectivity index (χ2v) is 3.71. The number of aromatic nitrogens is 2. The van der Waals surface area contributed by atoms with Gasteiger partial charge in [-0.05, 0) is 6.42 Å². The zero-order valence-corrected chi connectivity index (χ0v) is 10.1. The number of fused-ring (bicyclic) bond motifs is 1. The van der Waals surface area contributed by atoms with Crippen molar-refractivity contribution in [2.45, 2.75) is 26.3 Å². The highest BCUT2D eigenvalue weighted by atomic mass is 35.5. The number of H-pyrrole nitrogens is 1. The highest BCUT2D eigenvalue weighted by Gasteiger charge is 2.20. The Labute approximate surface area is 101 Å². The molecule has 0 unspecified atom stereocenters. The van der Waals surface area contributed by atoms with Crippen LogP contribution in [0.3, 0.4) is 0 Å². The summed E-state index contributed by atoms with van der Waals surface area (Å²) >= 11 is 0. The SMILES string of the molecule is CCCNC(=O)c1n[nH]c2c1CNCC2.Cl. The molecule has 2 rings (SSSR count). The number of nitrogens with zero attached hydrogens (tertiary/aromatic N) is 1. The number of hydrogen-bond acceptors (Lipinski definition) is 3. The lowest BCUT2D eigenvalue weighted by Gasteiger charge is -2.12. The normalized spacial score (nSPS) is 13.8. The number of nitrogens with one attached hydrogen (secondary N) is 3. The Bertz CT molecular complexity index is 364. The van der Waals surface area contributed by atoms with Crippen molar-refractivity contribution in [3.8, 4) is 0 Å². The van der Waals surface area contributed by atoms with Gasteiger partial charge in [-0.2, -0.15) is 5.10 Å². The van der Waals surface area contributed by atoms with Crippen LogP contribution in [0, 0.1) is 0 Å². The molecule has 0 fully saturated rings. The fourth-order valence-corrected chi connectivity index (χ4v) is 1.74. The molecule has 1 aromatic heterocycles. The van der Waals surface area contributed by atoms with Crippen molar-refractivity contribution in [3.63, 3.8) is 0 Å². The summed E-state index contributed by atoms with van der Waals surface area (Å²) < 4.78 is 0. The lowest BCUT2D eigenvalue weighted by Crippen LogP contribution is -2.28. The molecular weight excluding hydrogens is 228 g/mol. The van der Waals surface area contributed by atoms with Crippen LogP contribution < -0.4 is 10.6 Å². The maximum Gasteiger partial charge on any atom is 0.272 e. The molecule has 6 heteroatoms. The molecular formula is C10H17ClN4O. The minimum atomic E-state index is -0.0712. The molecule has 0 aliphatic carbocycles. The molecule has 0 atom stereocenters. The van der Waals surface area contributed by atoms with Crippen molar-refractivity contribution in [3.05, 3.63) is 17.0 Å². The second-order valence-electron chi connectivity index (χ2n) is 3.71. The Balaban J connectivity index is 0.00000128. The topological polar surface area (TPSA) is 69.8 Å². The third kappa shape index (κ3) is 2.54. The summed E-state index contributed by atoms with van der Waals surface area (Å²) in [7, 11) is 0. The molecule has 0 aromatic carbocycles. The highest BCUT2D eigenvalue weighted by Crippen LogP contribution is 2.14. The lowest BCUT2D eigenvalue weighted by atomic mass is 10.1. The summed E-state index contributed by atoms with van der Waals surface area (Å²) in [5, 5.41) is 13.1. The van der Waals surface area contributed by atoms with Gasteiger partial charge in [0.2, 0.25) is 0 Å². The molecule has 5 nitrogen and oxygen atoms in total. The van der Waals surface area contributed by atoms with E-state index in [4.69, 9.17) is 0 Å². The van der Waals surface area contributed by atoms with Crippen LogP contribution in [0.2, 0.25) is 0 Å². The molecule has 1 aliphatic heterocycles. The molecule has 1 aliphatic rings. The number of carbonyl (C=O) groups excluding carboxylic acids is 1. The summed E-state index contributed by atoms with van der Waals surface area (Å²) in [6.45, 7) is 4.42. The van der Waals surface area contributed by atoms with Crippen molar-refractivity contribution >= 4 is 18.3 Å². The monoisotopic (exact) mass is 244 g/mol. The number of halogens is 1. The van der Waals surface area contributed by atoms with Crippen LogP contribution >= 0.6 is 12.4 Å². The first-order valence-corrected chi connectivity index (χ1v) is 5.38. The Morgan fingerprint density at radius 3 is 3.12 bits per heavy atom. The van der Waals surface area contributed by atoms with E-state index in [0.717, 1.165) is 37.2 Å². The zero-order chi connectivity index (χ0) is 10.7. The van der Waals surface area contributed by atoms with E-state index in [1.54, 1.807) is 0 Å². The maximum atomic E-state index is 11.7. The molecule has 3 N–H and O–H groups in total. The van der Waals surface area contributed by atoms with Gasteiger partial charge in [-0.3, -0.25) is 9.89 Å². The largest absolute Gasteiger partial charge is 0.351 e. The number of hydrogen-bond donors (Lipinski definition) is 3. The molecule has 0 radical (unpaired) electrons. The summed E-state index contributed by atoms with van der Waals surface area (Å²) in [5.41, 5.74) is 2.66. The van der Waals surface area contributed by atoms with E-state index in [1.807, 2.05) is 6.92 Å². The quantitative estimate of drug-likeness (QED) is 0.730. The Morgan fingerprint density at radius 1 is 1.56 bits per heavy atom. The fourth-order valence-electron chi connectivity index (χ4n) is 1.74. The van der Waals surface area contributed by atoms with Gasteiger partial charge in [0.15, 0.2) is 5.69 Å². The molecule has 1 aromatic rings. The number of aromatic amines is 1. The second kappa shape index (κ2) is 5.86. The lowest BCUT2D eigenvalue weighted by molar-refractivity contribution is 0.0947. The van der Waals surface area contributed by atoms with Crippen LogP contribution in [0.25, 0.3) is 0 Å². The van der Waals surface area contributed by atoms with Gasteiger partial charge in [-0.1, -0.05) is 6.92 Å². The van der Waals surface area contributed by atoms with E-state index in [2.05, 4.69) is 20.8 Å². The molecule has 1 amide bonds. The van der Waals surface area contributed by atoms with Crippen LogP contribution in [0.15, 0.2) is 0 Å². The van der Waals surface area contributed by atoms with Crippen LogP contribution in [0.5, 0.6) is 0 Å². The predicted molar refractivity (Wildman–Crippen MR) is 63.9 cm³/mol. The van der Waals surface area contributed by atoms with E-state index in [0.29, 0.717) is 12.2 Å². The van der Waals surface area contributed by atoms with Crippen molar-refractivity contribution < 1.29 is 4.79 Å². The summed E-state index contributed by atoms with van der Waals surface area (Å²) in [6, 6.07) is 0. The third-order valence-corrected chi connectivity index (χ3v) is 2.56. The average molecular weight is 245 g/mol. The van der Waals surface area contributed by atoms with Gasteiger partial charge in [0, 0.05) is 37.3 Å².